The molecule has 0 amide bonds. The summed E-state index contributed by atoms with van der Waals surface area (Å²) < 4.78 is 28.7. The van der Waals surface area contributed by atoms with E-state index in [9.17, 15) is 19.0 Å². The average Bonchev–Trinajstić information content (AvgIpc) is 2.57. The zero-order valence-corrected chi connectivity index (χ0v) is 15.4. The molecule has 0 radical (unpaired) electrons. The Kier molecular flexibility index (Phi) is 7.09. The number of halogens is 3. The second kappa shape index (κ2) is 9.09. The Morgan fingerprint density at radius 1 is 1.22 bits per heavy atom. The third-order valence-corrected chi connectivity index (χ3v) is 4.35. The van der Waals surface area contributed by atoms with Gasteiger partial charge < -0.3 is 20.3 Å². The summed E-state index contributed by atoms with van der Waals surface area (Å²) in [4.78, 5) is 4.33. The Morgan fingerprint density at radius 2 is 1.96 bits per heavy atom. The van der Waals surface area contributed by atoms with Gasteiger partial charge >= 0.3 is 6.61 Å². The average molecular weight is 403 g/mol. The highest BCUT2D eigenvalue weighted by Crippen LogP contribution is 2.33. The molecule has 3 rings (SSSR count). The van der Waals surface area contributed by atoms with Gasteiger partial charge in [-0.05, 0) is 31.9 Å². The molecule has 0 aliphatic heterocycles. The molecule has 3 N–H and O–H groups in total. The number of ether oxygens (including phenoxy) is 1. The summed E-state index contributed by atoms with van der Waals surface area (Å²) in [6.07, 6.45) is 3.15. The second-order valence-electron chi connectivity index (χ2n) is 6.23. The fraction of sp³-hybridized carbons (Fsp3) is 0.471. The van der Waals surface area contributed by atoms with E-state index in [0.717, 1.165) is 31.7 Å². The molecule has 1 aliphatic carbocycles. The molecule has 2 atom stereocenters. The van der Waals surface area contributed by atoms with Crippen LogP contribution in [0.25, 0.3) is 11.3 Å². The molecule has 0 spiro atoms. The van der Waals surface area contributed by atoms with Gasteiger partial charge in [0.25, 0.3) is 0 Å². The lowest BCUT2D eigenvalue weighted by molar-refractivity contribution is -0.0499. The van der Waals surface area contributed by atoms with Crippen LogP contribution in [0.15, 0.2) is 18.2 Å². The van der Waals surface area contributed by atoms with E-state index in [2.05, 4.69) is 25.2 Å². The quantitative estimate of drug-likeness (QED) is 0.705. The predicted molar refractivity (Wildman–Crippen MR) is 97.4 cm³/mol. The van der Waals surface area contributed by atoms with Gasteiger partial charge in [-0.2, -0.15) is 8.78 Å². The molecule has 2 aromatic rings. The number of nitrogens with one attached hydrogen (secondary N) is 1. The summed E-state index contributed by atoms with van der Waals surface area (Å²) >= 11 is 0. The Morgan fingerprint density at radius 3 is 2.59 bits per heavy atom. The van der Waals surface area contributed by atoms with Crippen molar-refractivity contribution in [3.63, 3.8) is 0 Å². The Balaban J connectivity index is 0.00000261. The van der Waals surface area contributed by atoms with Crippen molar-refractivity contribution in [2.24, 2.45) is 0 Å². The Labute approximate surface area is 161 Å². The molecular formula is C17H21ClF2N4O3. The fourth-order valence-electron chi connectivity index (χ4n) is 3.05. The molecule has 1 aromatic carbocycles. The van der Waals surface area contributed by atoms with Crippen LogP contribution in [0.2, 0.25) is 0 Å². The smallest absolute Gasteiger partial charge is 0.387 e. The number of aryl methyl sites for hydroxylation is 1. The first-order chi connectivity index (χ1) is 12.4. The number of aliphatic hydroxyl groups is 1. The van der Waals surface area contributed by atoms with Gasteiger partial charge in [0.1, 0.15) is 17.2 Å². The molecule has 27 heavy (non-hydrogen) atoms. The molecule has 1 fully saturated rings. The molecule has 1 heterocycles. The number of phenols is 1. The van der Waals surface area contributed by atoms with Crippen LogP contribution in [0.1, 0.15) is 31.4 Å². The fourth-order valence-corrected chi connectivity index (χ4v) is 3.05. The van der Waals surface area contributed by atoms with E-state index < -0.39 is 12.7 Å². The van der Waals surface area contributed by atoms with Crippen molar-refractivity contribution in [2.75, 3.05) is 5.32 Å². The van der Waals surface area contributed by atoms with Gasteiger partial charge in [0.2, 0.25) is 5.95 Å². The lowest BCUT2D eigenvalue weighted by atomic mass is 9.93. The summed E-state index contributed by atoms with van der Waals surface area (Å²) in [7, 11) is 0. The summed E-state index contributed by atoms with van der Waals surface area (Å²) in [5, 5.41) is 31.3. The molecule has 1 aliphatic rings. The minimum Gasteiger partial charge on any atom is -0.507 e. The number of nitrogens with zero attached hydrogens (tertiary/aromatic N) is 3. The normalized spacial score (nSPS) is 19.4. The van der Waals surface area contributed by atoms with Crippen molar-refractivity contribution in [2.45, 2.75) is 51.4 Å². The molecule has 10 heteroatoms. The third kappa shape index (κ3) is 5.14. The van der Waals surface area contributed by atoms with Gasteiger partial charge in [-0.25, -0.2) is 4.98 Å². The molecule has 148 valence electrons. The maximum atomic E-state index is 12.2. The summed E-state index contributed by atoms with van der Waals surface area (Å²) in [5.41, 5.74) is 1.15. The van der Waals surface area contributed by atoms with Crippen LogP contribution >= 0.6 is 12.4 Å². The Bertz CT molecular complexity index is 782. The molecule has 0 bridgehead atoms. The lowest BCUT2D eigenvalue weighted by Gasteiger charge is -2.28. The minimum absolute atomic E-state index is 0. The number of phenolic OH excluding ortho intramolecular Hbond substituents is 1. The number of hydrogen-bond donors (Lipinski definition) is 3. The maximum Gasteiger partial charge on any atom is 0.387 e. The van der Waals surface area contributed by atoms with Crippen molar-refractivity contribution < 1.29 is 23.7 Å². The van der Waals surface area contributed by atoms with E-state index in [1.165, 1.54) is 12.1 Å². The highest BCUT2D eigenvalue weighted by molar-refractivity contribution is 5.85. The van der Waals surface area contributed by atoms with Crippen LogP contribution in [-0.4, -0.2) is 44.2 Å². The topological polar surface area (TPSA) is 100 Å². The van der Waals surface area contributed by atoms with Crippen LogP contribution in [0.5, 0.6) is 11.5 Å². The van der Waals surface area contributed by atoms with E-state index in [1.54, 1.807) is 6.92 Å². The van der Waals surface area contributed by atoms with E-state index in [-0.39, 0.29) is 29.9 Å². The zero-order chi connectivity index (χ0) is 18.7. The molecule has 1 saturated carbocycles. The summed E-state index contributed by atoms with van der Waals surface area (Å²) in [5.74, 6) is -0.107. The van der Waals surface area contributed by atoms with Crippen molar-refractivity contribution in [1.29, 1.82) is 0 Å². The highest BCUT2D eigenvalue weighted by Gasteiger charge is 2.24. The lowest BCUT2D eigenvalue weighted by Crippen LogP contribution is -2.37. The number of anilines is 1. The van der Waals surface area contributed by atoms with Gasteiger partial charge in [-0.3, -0.25) is 0 Å². The first-order valence-electron chi connectivity index (χ1n) is 8.38. The summed E-state index contributed by atoms with van der Waals surface area (Å²) in [6.45, 7) is -1.26. The largest absolute Gasteiger partial charge is 0.507 e. The second-order valence-corrected chi connectivity index (χ2v) is 6.23. The van der Waals surface area contributed by atoms with Crippen LogP contribution in [0.3, 0.4) is 0 Å². The van der Waals surface area contributed by atoms with Gasteiger partial charge in [0, 0.05) is 11.6 Å². The number of hydrogen-bond acceptors (Lipinski definition) is 7. The van der Waals surface area contributed by atoms with Gasteiger partial charge in [0.05, 0.1) is 17.8 Å². The van der Waals surface area contributed by atoms with E-state index >= 15 is 0 Å². The number of alkyl halides is 2. The molecule has 0 saturated heterocycles. The standard InChI is InChI=1S/C17H20F2N4O3.ClH/c1-9-15(11-7-6-10(8-14(11)25)26-16(18)19)22-23-17(20-9)21-12-4-2-3-5-13(12)24;/h6-8,12-13,16,24-25H,2-5H2,1H3,(H,20,21,23);1H/t12-,13-;/m1./s1. The Hall–Kier alpha value is -2.26. The highest BCUT2D eigenvalue weighted by atomic mass is 35.5. The molecule has 7 nitrogen and oxygen atoms in total. The van der Waals surface area contributed by atoms with Crippen molar-refractivity contribution in [1.82, 2.24) is 15.2 Å². The molecule has 1 aromatic heterocycles. The van der Waals surface area contributed by atoms with Gasteiger partial charge in [-0.1, -0.05) is 12.8 Å². The van der Waals surface area contributed by atoms with Crippen molar-refractivity contribution >= 4 is 18.4 Å². The number of aromatic nitrogens is 3. The van der Waals surface area contributed by atoms with E-state index in [0.29, 0.717) is 22.9 Å². The molecular weight excluding hydrogens is 382 g/mol. The van der Waals surface area contributed by atoms with Crippen LogP contribution in [-0.2, 0) is 0 Å². The number of rotatable bonds is 5. The van der Waals surface area contributed by atoms with E-state index in [4.69, 9.17) is 0 Å². The predicted octanol–water partition coefficient (Wildman–Crippen LogP) is 3.29. The SMILES string of the molecule is Cc1nc(N[C@@H]2CCCC[C@H]2O)nnc1-c1ccc(OC(F)F)cc1O.Cl. The van der Waals surface area contributed by atoms with Crippen LogP contribution < -0.4 is 10.1 Å². The van der Waals surface area contributed by atoms with Gasteiger partial charge in [0.15, 0.2) is 0 Å². The zero-order valence-electron chi connectivity index (χ0n) is 14.6. The van der Waals surface area contributed by atoms with Crippen molar-refractivity contribution in [3.8, 4) is 22.8 Å². The van der Waals surface area contributed by atoms with Crippen LogP contribution in [0.4, 0.5) is 14.7 Å². The maximum absolute atomic E-state index is 12.2. The first kappa shape index (κ1) is 21.0. The number of aromatic hydroxyl groups is 1. The van der Waals surface area contributed by atoms with Crippen molar-refractivity contribution in [3.05, 3.63) is 23.9 Å². The third-order valence-electron chi connectivity index (χ3n) is 4.35. The monoisotopic (exact) mass is 402 g/mol. The number of aliphatic hydroxyl groups excluding tert-OH is 1. The van der Waals surface area contributed by atoms with Crippen LogP contribution in [0, 0.1) is 6.92 Å². The van der Waals surface area contributed by atoms with E-state index in [1.807, 2.05) is 0 Å². The minimum atomic E-state index is -2.97. The first-order valence-corrected chi connectivity index (χ1v) is 8.38. The number of benzene rings is 1. The summed E-state index contributed by atoms with van der Waals surface area (Å²) in [6, 6.07) is 3.71. The van der Waals surface area contributed by atoms with Gasteiger partial charge in [-0.15, -0.1) is 22.6 Å². The molecule has 0 unspecified atom stereocenters.